The highest BCUT2D eigenvalue weighted by molar-refractivity contribution is 5.86. The van der Waals surface area contributed by atoms with Crippen molar-refractivity contribution in [1.29, 1.82) is 0 Å². The fraction of sp³-hybridized carbons (Fsp3) is 0.500. The van der Waals surface area contributed by atoms with Gasteiger partial charge in [-0.05, 0) is 31.7 Å². The summed E-state index contributed by atoms with van der Waals surface area (Å²) in [6.45, 7) is 1.98. The van der Waals surface area contributed by atoms with Gasteiger partial charge in [-0.2, -0.15) is 0 Å². The van der Waals surface area contributed by atoms with Crippen LogP contribution in [0.5, 0.6) is 5.75 Å². The summed E-state index contributed by atoms with van der Waals surface area (Å²) in [7, 11) is 1.59. The van der Waals surface area contributed by atoms with E-state index in [-0.39, 0.29) is 18.1 Å². The minimum absolute atomic E-state index is 0.101. The van der Waals surface area contributed by atoms with E-state index >= 15 is 0 Å². The summed E-state index contributed by atoms with van der Waals surface area (Å²) < 4.78 is 5.22. The summed E-state index contributed by atoms with van der Waals surface area (Å²) in [6, 6.07) is 5.75. The number of Topliss-reactive ketones (excluding diaryl/α,β-unsaturated/α-hetero) is 1. The minimum Gasteiger partial charge on any atom is -0.496 e. The van der Waals surface area contributed by atoms with Gasteiger partial charge in [0.15, 0.2) is 5.78 Å². The Bertz CT molecular complexity index is 421. The molecule has 92 valence electrons. The van der Waals surface area contributed by atoms with Crippen molar-refractivity contribution in [3.63, 3.8) is 0 Å². The van der Waals surface area contributed by atoms with Gasteiger partial charge in [0.25, 0.3) is 0 Å². The molecule has 0 aromatic heterocycles. The summed E-state index contributed by atoms with van der Waals surface area (Å²) in [5, 5.41) is 9.76. The Hall–Kier alpha value is -1.35. The van der Waals surface area contributed by atoms with Crippen LogP contribution in [-0.4, -0.2) is 24.1 Å². The van der Waals surface area contributed by atoms with E-state index in [9.17, 15) is 9.90 Å². The number of methoxy groups -OCH3 is 1. The third kappa shape index (κ3) is 2.86. The first kappa shape index (κ1) is 12.1. The molecule has 1 atom stereocenters. The van der Waals surface area contributed by atoms with E-state index in [1.807, 2.05) is 25.1 Å². The van der Waals surface area contributed by atoms with Crippen LogP contribution in [0.3, 0.4) is 0 Å². The number of rotatable bonds is 5. The van der Waals surface area contributed by atoms with Gasteiger partial charge in [-0.15, -0.1) is 0 Å². The molecule has 1 aliphatic rings. The predicted octanol–water partition coefficient (Wildman–Crippen LogP) is 1.89. The van der Waals surface area contributed by atoms with Crippen LogP contribution in [0.2, 0.25) is 0 Å². The van der Waals surface area contributed by atoms with Gasteiger partial charge in [-0.25, -0.2) is 0 Å². The van der Waals surface area contributed by atoms with Crippen LogP contribution in [0.25, 0.3) is 0 Å². The topological polar surface area (TPSA) is 46.5 Å². The quantitative estimate of drug-likeness (QED) is 0.846. The maximum Gasteiger partial charge on any atom is 0.166 e. The van der Waals surface area contributed by atoms with Crippen LogP contribution in [0.1, 0.15) is 24.0 Å². The van der Waals surface area contributed by atoms with E-state index in [0.29, 0.717) is 5.75 Å². The average Bonchev–Trinajstić information content (AvgIpc) is 3.12. The number of hydrogen-bond donors (Lipinski definition) is 1. The monoisotopic (exact) mass is 234 g/mol. The highest BCUT2D eigenvalue weighted by Crippen LogP contribution is 2.33. The molecule has 1 aliphatic carbocycles. The van der Waals surface area contributed by atoms with Gasteiger partial charge in [0.2, 0.25) is 0 Å². The van der Waals surface area contributed by atoms with E-state index in [2.05, 4.69) is 0 Å². The molecule has 3 heteroatoms. The van der Waals surface area contributed by atoms with Crippen molar-refractivity contribution < 1.29 is 14.6 Å². The number of carbonyl (C=O) groups excluding carboxylic acids is 1. The Balaban J connectivity index is 2.11. The van der Waals surface area contributed by atoms with Crippen LogP contribution >= 0.6 is 0 Å². The lowest BCUT2D eigenvalue weighted by Crippen LogP contribution is -2.24. The maximum atomic E-state index is 11.9. The van der Waals surface area contributed by atoms with Crippen LogP contribution in [0, 0.1) is 12.8 Å². The van der Waals surface area contributed by atoms with Crippen LogP contribution in [0.15, 0.2) is 18.2 Å². The fourth-order valence-electron chi connectivity index (χ4n) is 2.01. The lowest BCUT2D eigenvalue weighted by atomic mass is 10.0. The number of aliphatic hydroxyl groups excluding tert-OH is 1. The molecule has 2 rings (SSSR count). The van der Waals surface area contributed by atoms with Crippen LogP contribution in [-0.2, 0) is 11.2 Å². The molecule has 0 aliphatic heterocycles. The second kappa shape index (κ2) is 4.88. The zero-order chi connectivity index (χ0) is 12.4. The Morgan fingerprint density at radius 3 is 2.82 bits per heavy atom. The number of ketones is 1. The van der Waals surface area contributed by atoms with Crippen LogP contribution in [0.4, 0.5) is 0 Å². The van der Waals surface area contributed by atoms with Gasteiger partial charge < -0.3 is 9.84 Å². The van der Waals surface area contributed by atoms with Crippen molar-refractivity contribution in [2.24, 2.45) is 5.92 Å². The molecule has 1 aromatic rings. The van der Waals surface area contributed by atoms with E-state index in [0.717, 1.165) is 24.0 Å². The standard InChI is InChI=1S/C14H18O3/c1-9-3-6-13(17-2)11(7-9)8-12(15)14(16)10-4-5-10/h3,6-7,10,14,16H,4-5,8H2,1-2H3. The highest BCUT2D eigenvalue weighted by Gasteiger charge is 2.34. The Labute approximate surface area is 101 Å². The number of aliphatic hydroxyl groups is 1. The van der Waals surface area contributed by atoms with Gasteiger partial charge in [0.1, 0.15) is 11.9 Å². The molecular weight excluding hydrogens is 216 g/mol. The number of carbonyl (C=O) groups is 1. The van der Waals surface area contributed by atoms with Gasteiger partial charge >= 0.3 is 0 Å². The lowest BCUT2D eigenvalue weighted by molar-refractivity contribution is -0.127. The molecule has 0 spiro atoms. The molecule has 1 N–H and O–H groups in total. The van der Waals surface area contributed by atoms with E-state index in [1.54, 1.807) is 7.11 Å². The first-order valence-corrected chi connectivity index (χ1v) is 5.96. The highest BCUT2D eigenvalue weighted by atomic mass is 16.5. The molecule has 0 bridgehead atoms. The molecule has 3 nitrogen and oxygen atoms in total. The second-order valence-electron chi connectivity index (χ2n) is 4.74. The summed E-state index contributed by atoms with van der Waals surface area (Å²) in [6.07, 6.45) is 1.40. The van der Waals surface area contributed by atoms with Crippen molar-refractivity contribution in [2.45, 2.75) is 32.3 Å². The Kier molecular flexibility index (Phi) is 3.48. The van der Waals surface area contributed by atoms with Gasteiger partial charge in [0, 0.05) is 12.0 Å². The van der Waals surface area contributed by atoms with Crippen molar-refractivity contribution in [3.05, 3.63) is 29.3 Å². The number of benzene rings is 1. The third-order valence-electron chi connectivity index (χ3n) is 3.20. The Morgan fingerprint density at radius 1 is 1.53 bits per heavy atom. The number of ether oxygens (including phenoxy) is 1. The van der Waals surface area contributed by atoms with Gasteiger partial charge in [-0.1, -0.05) is 17.7 Å². The van der Waals surface area contributed by atoms with E-state index < -0.39 is 6.10 Å². The van der Waals surface area contributed by atoms with Crippen LogP contribution < -0.4 is 4.74 Å². The van der Waals surface area contributed by atoms with Crippen molar-refractivity contribution in [3.8, 4) is 5.75 Å². The number of hydrogen-bond acceptors (Lipinski definition) is 3. The average molecular weight is 234 g/mol. The second-order valence-corrected chi connectivity index (χ2v) is 4.74. The molecule has 1 aromatic carbocycles. The molecule has 1 unspecified atom stereocenters. The predicted molar refractivity (Wildman–Crippen MR) is 65.2 cm³/mol. The molecule has 17 heavy (non-hydrogen) atoms. The van der Waals surface area contributed by atoms with Crippen molar-refractivity contribution >= 4 is 5.78 Å². The zero-order valence-electron chi connectivity index (χ0n) is 10.3. The Morgan fingerprint density at radius 2 is 2.24 bits per heavy atom. The molecule has 0 radical (unpaired) electrons. The summed E-state index contributed by atoms with van der Waals surface area (Å²) in [5.41, 5.74) is 1.95. The van der Waals surface area contributed by atoms with E-state index in [1.165, 1.54) is 0 Å². The van der Waals surface area contributed by atoms with Gasteiger partial charge in [-0.3, -0.25) is 4.79 Å². The van der Waals surface area contributed by atoms with Crippen molar-refractivity contribution in [2.75, 3.05) is 7.11 Å². The first-order chi connectivity index (χ1) is 8.11. The maximum absolute atomic E-state index is 11.9. The van der Waals surface area contributed by atoms with Crippen molar-refractivity contribution in [1.82, 2.24) is 0 Å². The summed E-state index contributed by atoms with van der Waals surface area (Å²) in [5.74, 6) is 0.807. The fourth-order valence-corrected chi connectivity index (χ4v) is 2.01. The zero-order valence-corrected chi connectivity index (χ0v) is 10.3. The molecular formula is C14H18O3. The van der Waals surface area contributed by atoms with Gasteiger partial charge in [0.05, 0.1) is 7.11 Å². The molecule has 1 saturated carbocycles. The number of aryl methyl sites for hydroxylation is 1. The summed E-state index contributed by atoms with van der Waals surface area (Å²) >= 11 is 0. The minimum atomic E-state index is -0.791. The smallest absolute Gasteiger partial charge is 0.166 e. The largest absolute Gasteiger partial charge is 0.496 e. The molecule has 1 fully saturated rings. The van der Waals surface area contributed by atoms with E-state index in [4.69, 9.17) is 4.74 Å². The lowest BCUT2D eigenvalue weighted by Gasteiger charge is -2.11. The SMILES string of the molecule is COc1ccc(C)cc1CC(=O)C(O)C1CC1. The third-order valence-corrected chi connectivity index (χ3v) is 3.20. The molecule has 0 amide bonds. The summed E-state index contributed by atoms with van der Waals surface area (Å²) in [4.78, 5) is 11.9. The molecule has 0 saturated heterocycles. The molecule has 0 heterocycles. The normalized spacial score (nSPS) is 16.6. The first-order valence-electron chi connectivity index (χ1n) is 5.96.